The van der Waals surface area contributed by atoms with Gasteiger partial charge in [-0.3, -0.25) is 9.59 Å². The third-order valence-corrected chi connectivity index (χ3v) is 10.6. The van der Waals surface area contributed by atoms with Crippen molar-refractivity contribution in [3.05, 3.63) is 215 Å². The van der Waals surface area contributed by atoms with Gasteiger partial charge in [-0.2, -0.15) is 0 Å². The number of carbonyl (C=O) groups is 2. The zero-order chi connectivity index (χ0) is 35.8. The Kier molecular flexibility index (Phi) is 8.13. The molecule has 8 aromatic carbocycles. The lowest BCUT2D eigenvalue weighted by Gasteiger charge is -2.34. The molecule has 1 aliphatic carbocycles. The number of benzene rings is 8. The molecule has 0 unspecified atom stereocenters. The van der Waals surface area contributed by atoms with Gasteiger partial charge in [0.05, 0.1) is 18.3 Å². The minimum absolute atomic E-state index is 0.0570. The molecule has 0 radical (unpaired) electrons. The standard InChI is InChI=1S/C49H36N2O2/c52-47(31-35-15-9-13-33-11-1-3-17-41(33)35)50-39-27-23-37(24-28-39)49(45-21-7-5-19-43(45)44-20-6-8-22-46(44)49)38-25-29-40(30-26-38)51-48(53)32-36-16-10-14-34-12-2-4-18-42(34)36/h1-30H,31-32H2,(H,50,52)(H,51,53). The summed E-state index contributed by atoms with van der Waals surface area (Å²) in [6, 6.07) is 62.3. The number of fused-ring (bicyclic) bond motifs is 5. The van der Waals surface area contributed by atoms with Crippen molar-refractivity contribution in [2.75, 3.05) is 10.6 Å². The largest absolute Gasteiger partial charge is 0.326 e. The topological polar surface area (TPSA) is 58.2 Å². The lowest BCUT2D eigenvalue weighted by Crippen LogP contribution is -2.28. The zero-order valence-corrected chi connectivity index (χ0v) is 29.1. The van der Waals surface area contributed by atoms with Crippen LogP contribution in [0.5, 0.6) is 0 Å². The van der Waals surface area contributed by atoms with Gasteiger partial charge in [0.1, 0.15) is 0 Å². The lowest BCUT2D eigenvalue weighted by molar-refractivity contribution is -0.116. The van der Waals surface area contributed by atoms with Crippen LogP contribution in [0.25, 0.3) is 32.7 Å². The van der Waals surface area contributed by atoms with Crippen LogP contribution in [0.3, 0.4) is 0 Å². The number of carbonyl (C=O) groups excluding carboxylic acids is 2. The van der Waals surface area contributed by atoms with Crippen molar-refractivity contribution in [1.29, 1.82) is 0 Å². The molecule has 0 heterocycles. The quantitative estimate of drug-likeness (QED) is 0.167. The van der Waals surface area contributed by atoms with Gasteiger partial charge >= 0.3 is 0 Å². The molecular weight excluding hydrogens is 649 g/mol. The molecule has 9 rings (SSSR count). The fourth-order valence-electron chi connectivity index (χ4n) is 8.28. The predicted octanol–water partition coefficient (Wildman–Crippen LogP) is 10.7. The first kappa shape index (κ1) is 32.1. The van der Waals surface area contributed by atoms with Crippen LogP contribution < -0.4 is 10.6 Å². The molecule has 2 N–H and O–H groups in total. The number of anilines is 2. The van der Waals surface area contributed by atoms with Gasteiger partial charge in [0.25, 0.3) is 0 Å². The molecule has 4 nitrogen and oxygen atoms in total. The molecule has 2 amide bonds. The Hall–Kier alpha value is -6.78. The number of rotatable bonds is 8. The smallest absolute Gasteiger partial charge is 0.228 e. The molecule has 0 aromatic heterocycles. The monoisotopic (exact) mass is 684 g/mol. The average Bonchev–Trinajstić information content (AvgIpc) is 3.50. The van der Waals surface area contributed by atoms with Crippen LogP contribution in [0.1, 0.15) is 33.4 Å². The summed E-state index contributed by atoms with van der Waals surface area (Å²) < 4.78 is 0. The highest BCUT2D eigenvalue weighted by Gasteiger charge is 2.45. The van der Waals surface area contributed by atoms with Gasteiger partial charge in [0.15, 0.2) is 0 Å². The van der Waals surface area contributed by atoms with E-state index in [0.29, 0.717) is 12.8 Å². The van der Waals surface area contributed by atoms with Crippen LogP contribution in [-0.2, 0) is 27.8 Å². The number of hydrogen-bond acceptors (Lipinski definition) is 2. The molecule has 0 fully saturated rings. The maximum atomic E-state index is 13.3. The number of amides is 2. The molecule has 53 heavy (non-hydrogen) atoms. The molecular formula is C49H36N2O2. The van der Waals surface area contributed by atoms with E-state index < -0.39 is 5.41 Å². The number of hydrogen-bond donors (Lipinski definition) is 2. The highest BCUT2D eigenvalue weighted by molar-refractivity contribution is 5.97. The van der Waals surface area contributed by atoms with Crippen molar-refractivity contribution < 1.29 is 9.59 Å². The second kappa shape index (κ2) is 13.4. The molecule has 0 atom stereocenters. The summed E-state index contributed by atoms with van der Waals surface area (Å²) in [6.07, 6.45) is 0.581. The van der Waals surface area contributed by atoms with E-state index >= 15 is 0 Å². The maximum Gasteiger partial charge on any atom is 0.228 e. The molecule has 254 valence electrons. The van der Waals surface area contributed by atoms with Gasteiger partial charge in [-0.25, -0.2) is 0 Å². The van der Waals surface area contributed by atoms with E-state index in [4.69, 9.17) is 0 Å². The second-order valence-corrected chi connectivity index (χ2v) is 13.7. The summed E-state index contributed by atoms with van der Waals surface area (Å²) in [5.41, 5.74) is 9.87. The maximum absolute atomic E-state index is 13.3. The summed E-state index contributed by atoms with van der Waals surface area (Å²) in [5, 5.41) is 10.7. The van der Waals surface area contributed by atoms with E-state index in [1.165, 1.54) is 22.3 Å². The second-order valence-electron chi connectivity index (χ2n) is 13.7. The van der Waals surface area contributed by atoms with Crippen molar-refractivity contribution in [3.8, 4) is 11.1 Å². The van der Waals surface area contributed by atoms with Crippen LogP contribution >= 0.6 is 0 Å². The van der Waals surface area contributed by atoms with Gasteiger partial charge in [0, 0.05) is 11.4 Å². The normalized spacial score (nSPS) is 12.6. The van der Waals surface area contributed by atoms with Crippen molar-refractivity contribution in [1.82, 2.24) is 0 Å². The van der Waals surface area contributed by atoms with E-state index in [9.17, 15) is 9.59 Å². The molecule has 0 bridgehead atoms. The first-order chi connectivity index (χ1) is 26.1. The average molecular weight is 685 g/mol. The van der Waals surface area contributed by atoms with E-state index in [2.05, 4.69) is 120 Å². The Labute approximate surface area is 308 Å². The van der Waals surface area contributed by atoms with E-state index in [-0.39, 0.29) is 11.8 Å². The summed E-state index contributed by atoms with van der Waals surface area (Å²) in [7, 11) is 0. The van der Waals surface area contributed by atoms with Crippen molar-refractivity contribution in [3.63, 3.8) is 0 Å². The van der Waals surface area contributed by atoms with Crippen molar-refractivity contribution in [2.24, 2.45) is 0 Å². The molecule has 0 aliphatic heterocycles. The van der Waals surface area contributed by atoms with Crippen LogP contribution in [-0.4, -0.2) is 11.8 Å². The third-order valence-electron chi connectivity index (χ3n) is 10.6. The van der Waals surface area contributed by atoms with E-state index in [1.807, 2.05) is 72.8 Å². The zero-order valence-electron chi connectivity index (χ0n) is 29.1. The minimum atomic E-state index is -0.607. The Morgan fingerprint density at radius 3 is 1.23 bits per heavy atom. The number of nitrogens with one attached hydrogen (secondary N) is 2. The first-order valence-corrected chi connectivity index (χ1v) is 18.0. The Morgan fingerprint density at radius 1 is 0.396 bits per heavy atom. The third kappa shape index (κ3) is 5.75. The highest BCUT2D eigenvalue weighted by Crippen LogP contribution is 2.56. The molecule has 8 aromatic rings. The Bertz CT molecular complexity index is 2460. The molecule has 0 saturated carbocycles. The highest BCUT2D eigenvalue weighted by atomic mass is 16.2. The summed E-state index contributed by atoms with van der Waals surface area (Å²) in [4.78, 5) is 26.6. The van der Waals surface area contributed by atoms with Gasteiger partial charge in [0.2, 0.25) is 11.8 Å². The Balaban J connectivity index is 1.03. The summed E-state index contributed by atoms with van der Waals surface area (Å²) in [5.74, 6) is -0.114. The lowest BCUT2D eigenvalue weighted by atomic mass is 9.67. The van der Waals surface area contributed by atoms with Crippen molar-refractivity contribution >= 4 is 44.7 Å². The SMILES string of the molecule is O=C(Cc1cccc2ccccc12)Nc1ccc(C2(c3ccc(NC(=O)Cc4cccc5ccccc45)cc3)c3ccccc3-c3ccccc32)cc1. The molecule has 4 heteroatoms. The van der Waals surface area contributed by atoms with Gasteiger partial charge in [-0.1, -0.05) is 158 Å². The predicted molar refractivity (Wildman–Crippen MR) is 216 cm³/mol. The minimum Gasteiger partial charge on any atom is -0.326 e. The van der Waals surface area contributed by atoms with Crippen LogP contribution in [0.2, 0.25) is 0 Å². The van der Waals surface area contributed by atoms with Gasteiger partial charge in [-0.05, 0) is 90.3 Å². The molecule has 0 saturated heterocycles. The van der Waals surface area contributed by atoms with Crippen LogP contribution in [0.15, 0.2) is 182 Å². The van der Waals surface area contributed by atoms with E-state index in [0.717, 1.165) is 55.2 Å². The van der Waals surface area contributed by atoms with Gasteiger partial charge in [-0.15, -0.1) is 0 Å². The summed E-state index contributed by atoms with van der Waals surface area (Å²) in [6.45, 7) is 0. The van der Waals surface area contributed by atoms with Crippen LogP contribution in [0, 0.1) is 0 Å². The van der Waals surface area contributed by atoms with E-state index in [1.54, 1.807) is 0 Å². The van der Waals surface area contributed by atoms with Crippen LogP contribution in [0.4, 0.5) is 11.4 Å². The molecule has 1 aliphatic rings. The fraction of sp³-hybridized carbons (Fsp3) is 0.0612. The van der Waals surface area contributed by atoms with Gasteiger partial charge < -0.3 is 10.6 Å². The Morgan fingerprint density at radius 2 is 0.774 bits per heavy atom. The first-order valence-electron chi connectivity index (χ1n) is 18.0. The summed E-state index contributed by atoms with van der Waals surface area (Å²) >= 11 is 0. The van der Waals surface area contributed by atoms with Crippen molar-refractivity contribution in [2.45, 2.75) is 18.3 Å². The fourth-order valence-corrected chi connectivity index (χ4v) is 8.28. The molecule has 0 spiro atoms.